The second-order valence-electron chi connectivity index (χ2n) is 2.00. The number of carbonyl (C=O) groups excluding carboxylic acids is 1. The third-order valence-corrected chi connectivity index (χ3v) is 1.11. The van der Waals surface area contributed by atoms with Gasteiger partial charge in [-0.25, -0.2) is 0 Å². The number of hydrogen-bond acceptors (Lipinski definition) is 1. The van der Waals surface area contributed by atoms with Gasteiger partial charge in [0.2, 0.25) is 0 Å². The van der Waals surface area contributed by atoms with Crippen LogP contribution in [-0.4, -0.2) is 6.29 Å². The summed E-state index contributed by atoms with van der Waals surface area (Å²) in [7, 11) is 0. The van der Waals surface area contributed by atoms with Gasteiger partial charge in [0.1, 0.15) is 0 Å². The second-order valence-corrected chi connectivity index (χ2v) is 2.00. The Morgan fingerprint density at radius 2 is 2.00 bits per heavy atom. The quantitative estimate of drug-likeness (QED) is 0.378. The van der Waals surface area contributed by atoms with Gasteiger partial charge in [0, 0.05) is 0 Å². The zero-order chi connectivity index (χ0) is 5.86. The highest BCUT2D eigenvalue weighted by Crippen LogP contribution is 2.06. The molecule has 1 nitrogen and oxygen atoms in total. The van der Waals surface area contributed by atoms with E-state index in [2.05, 4.69) is 0 Å². The van der Waals surface area contributed by atoms with Crippen LogP contribution in [0.25, 0.3) is 0 Å². The molecule has 0 aromatic heterocycles. The van der Waals surface area contributed by atoms with Crippen LogP contribution >= 0.6 is 0 Å². The normalized spacial score (nSPS) is 14.3. The smallest absolute Gasteiger partial charge is 0.0929 e. The van der Waals surface area contributed by atoms with Crippen molar-refractivity contribution in [2.24, 2.45) is 5.92 Å². The molecule has 0 aliphatic rings. The van der Waals surface area contributed by atoms with Gasteiger partial charge < -0.3 is 10.7 Å². The molecule has 1 heteroatoms. The molecule has 1 atom stereocenters. The lowest BCUT2D eigenvalue weighted by atomic mass is 10.0. The lowest BCUT2D eigenvalue weighted by molar-refractivity contribution is -0.110. The Morgan fingerprint density at radius 1 is 1.57 bits per heavy atom. The monoisotopic (exact) mass is 99.1 g/mol. The fourth-order valence-corrected chi connectivity index (χ4v) is 0.136. The summed E-state index contributed by atoms with van der Waals surface area (Å²) in [5.74, 6) is 1.31. The van der Waals surface area contributed by atoms with Gasteiger partial charge in [0.25, 0.3) is 0 Å². The molecule has 1 unspecified atom stereocenters. The zero-order valence-electron chi connectivity index (χ0n) is 5.06. The van der Waals surface area contributed by atoms with Crippen molar-refractivity contribution >= 4 is 6.29 Å². The molecule has 0 heterocycles. The Morgan fingerprint density at radius 3 is 2.00 bits per heavy atom. The molecule has 0 amide bonds. The van der Waals surface area contributed by atoms with Crippen molar-refractivity contribution in [3.05, 3.63) is 5.92 Å². The molecule has 0 radical (unpaired) electrons. The minimum absolute atomic E-state index is 0.139. The van der Waals surface area contributed by atoms with Crippen LogP contribution in [0.4, 0.5) is 0 Å². The zero-order valence-corrected chi connectivity index (χ0v) is 5.06. The van der Waals surface area contributed by atoms with Crippen LogP contribution in [0.2, 0.25) is 0 Å². The number of rotatable bonds is 2. The van der Waals surface area contributed by atoms with Gasteiger partial charge in [-0.15, -0.1) is 5.92 Å². The van der Waals surface area contributed by atoms with Gasteiger partial charge in [-0.05, 0) is 0 Å². The minimum Gasteiger partial charge on any atom is -0.310 e. The van der Waals surface area contributed by atoms with Gasteiger partial charge >= 0.3 is 0 Å². The Balaban J connectivity index is 3.33. The third-order valence-electron chi connectivity index (χ3n) is 1.11. The highest BCUT2D eigenvalue weighted by molar-refractivity contribution is 5.56. The number of carbonyl (C=O) groups is 1. The maximum atomic E-state index is 9.93. The first-order valence-corrected chi connectivity index (χ1v) is 2.44. The summed E-state index contributed by atoms with van der Waals surface area (Å²) < 4.78 is 0. The molecule has 0 spiro atoms. The SMILES string of the molecule is C[C-](C)C(C)C=O. The van der Waals surface area contributed by atoms with E-state index in [1.807, 2.05) is 20.8 Å². The largest absolute Gasteiger partial charge is 0.310 e. The van der Waals surface area contributed by atoms with Gasteiger partial charge in [0.05, 0.1) is 6.29 Å². The fourth-order valence-electron chi connectivity index (χ4n) is 0.136. The van der Waals surface area contributed by atoms with Crippen LogP contribution in [0.3, 0.4) is 0 Å². The fraction of sp³-hybridized carbons (Fsp3) is 0.667. The summed E-state index contributed by atoms with van der Waals surface area (Å²) in [4.78, 5) is 9.93. The van der Waals surface area contributed by atoms with Gasteiger partial charge in [0.15, 0.2) is 0 Å². The molecule has 0 aromatic rings. The number of hydrogen-bond donors (Lipinski definition) is 0. The Bertz CT molecular complexity index is 57.2. The van der Waals surface area contributed by atoms with Crippen LogP contribution in [0.15, 0.2) is 0 Å². The standard InChI is InChI=1S/C6H11O/c1-5(2)6(3)4-7/h4,6H,1-3H3/q-1. The first kappa shape index (κ1) is 6.67. The van der Waals surface area contributed by atoms with E-state index < -0.39 is 0 Å². The summed E-state index contributed by atoms with van der Waals surface area (Å²) in [6.45, 7) is 5.81. The highest BCUT2D eigenvalue weighted by atomic mass is 16.1. The van der Waals surface area contributed by atoms with Crippen LogP contribution in [-0.2, 0) is 4.79 Å². The predicted molar refractivity (Wildman–Crippen MR) is 29.8 cm³/mol. The molecule has 0 rings (SSSR count). The average molecular weight is 99.2 g/mol. The maximum absolute atomic E-state index is 9.93. The minimum atomic E-state index is 0.139. The van der Waals surface area contributed by atoms with Gasteiger partial charge in [-0.2, -0.15) is 13.8 Å². The van der Waals surface area contributed by atoms with E-state index in [1.165, 1.54) is 5.92 Å². The molecule has 0 saturated carbocycles. The highest BCUT2D eigenvalue weighted by Gasteiger charge is 1.87. The lowest BCUT2D eigenvalue weighted by Crippen LogP contribution is -2.01. The van der Waals surface area contributed by atoms with Crippen molar-refractivity contribution in [3.63, 3.8) is 0 Å². The van der Waals surface area contributed by atoms with Crippen LogP contribution in [0.1, 0.15) is 20.8 Å². The van der Waals surface area contributed by atoms with E-state index in [-0.39, 0.29) is 5.92 Å². The van der Waals surface area contributed by atoms with E-state index in [0.717, 1.165) is 6.29 Å². The Labute approximate surface area is 44.7 Å². The van der Waals surface area contributed by atoms with Crippen molar-refractivity contribution in [2.45, 2.75) is 20.8 Å². The topological polar surface area (TPSA) is 17.1 Å². The van der Waals surface area contributed by atoms with Gasteiger partial charge in [-0.1, -0.05) is 6.92 Å². The molecule has 0 fully saturated rings. The first-order chi connectivity index (χ1) is 3.18. The lowest BCUT2D eigenvalue weighted by Gasteiger charge is -2.20. The molecule has 0 aromatic carbocycles. The summed E-state index contributed by atoms with van der Waals surface area (Å²) in [5, 5.41) is 0. The summed E-state index contributed by atoms with van der Waals surface area (Å²) in [6.07, 6.45) is 0.954. The van der Waals surface area contributed by atoms with Crippen molar-refractivity contribution in [2.75, 3.05) is 0 Å². The van der Waals surface area contributed by atoms with Crippen LogP contribution < -0.4 is 0 Å². The molecule has 7 heavy (non-hydrogen) atoms. The molecule has 42 valence electrons. The van der Waals surface area contributed by atoms with E-state index in [9.17, 15) is 4.79 Å². The Hall–Kier alpha value is -0.330. The van der Waals surface area contributed by atoms with Crippen LogP contribution in [0, 0.1) is 11.8 Å². The van der Waals surface area contributed by atoms with Crippen molar-refractivity contribution in [1.82, 2.24) is 0 Å². The molecular formula is C6H11O-. The van der Waals surface area contributed by atoms with Crippen LogP contribution in [0.5, 0.6) is 0 Å². The maximum Gasteiger partial charge on any atom is 0.0929 e. The van der Waals surface area contributed by atoms with Crippen molar-refractivity contribution in [1.29, 1.82) is 0 Å². The molecule has 0 aliphatic heterocycles. The number of aldehydes is 1. The molecule has 0 saturated heterocycles. The van der Waals surface area contributed by atoms with E-state index >= 15 is 0 Å². The summed E-state index contributed by atoms with van der Waals surface area (Å²) in [5.41, 5.74) is 0. The molecular weight excluding hydrogens is 88.1 g/mol. The third kappa shape index (κ3) is 2.38. The van der Waals surface area contributed by atoms with Gasteiger partial charge in [-0.3, -0.25) is 0 Å². The van der Waals surface area contributed by atoms with E-state index in [4.69, 9.17) is 0 Å². The first-order valence-electron chi connectivity index (χ1n) is 2.44. The Kier molecular flexibility index (Phi) is 2.65. The van der Waals surface area contributed by atoms with Crippen molar-refractivity contribution in [3.8, 4) is 0 Å². The van der Waals surface area contributed by atoms with E-state index in [1.54, 1.807) is 0 Å². The summed E-state index contributed by atoms with van der Waals surface area (Å²) in [6, 6.07) is 0. The van der Waals surface area contributed by atoms with Crippen molar-refractivity contribution < 1.29 is 4.79 Å². The molecule has 0 N–H and O–H groups in total. The predicted octanol–water partition coefficient (Wildman–Crippen LogP) is 1.44. The molecule has 0 aliphatic carbocycles. The second kappa shape index (κ2) is 2.78. The average Bonchev–Trinajstić information content (AvgIpc) is 1.65. The van der Waals surface area contributed by atoms with E-state index in [0.29, 0.717) is 0 Å². The molecule has 0 bridgehead atoms. The summed E-state index contributed by atoms with van der Waals surface area (Å²) >= 11 is 0.